The average Bonchev–Trinajstić information content (AvgIpc) is 2.87. The first-order valence-electron chi connectivity index (χ1n) is 6.91. The summed E-state index contributed by atoms with van der Waals surface area (Å²) in [6.45, 7) is 3.09. The molecule has 0 spiro atoms. The summed E-state index contributed by atoms with van der Waals surface area (Å²) in [7, 11) is 0. The number of hydrogen-bond acceptors (Lipinski definition) is 4. The lowest BCUT2D eigenvalue weighted by Gasteiger charge is -2.21. The Morgan fingerprint density at radius 1 is 1.42 bits per heavy atom. The molecule has 5 heteroatoms. The highest BCUT2D eigenvalue weighted by Crippen LogP contribution is 2.27. The standard InChI is InChI=1S/C14H19N5/c1-2-6-19-9-16-8-13(19)14-17-7-10-11(15)4-3-5-12(10)18-14/h7-9,11H,2-6,15H2,1H3. The minimum Gasteiger partial charge on any atom is -0.328 e. The Morgan fingerprint density at radius 2 is 2.32 bits per heavy atom. The second-order valence-corrected chi connectivity index (χ2v) is 5.07. The quantitative estimate of drug-likeness (QED) is 0.914. The van der Waals surface area contributed by atoms with Crippen molar-refractivity contribution < 1.29 is 0 Å². The highest BCUT2D eigenvalue weighted by Gasteiger charge is 2.20. The predicted molar refractivity (Wildman–Crippen MR) is 73.4 cm³/mol. The summed E-state index contributed by atoms with van der Waals surface area (Å²) in [5.74, 6) is 0.763. The van der Waals surface area contributed by atoms with E-state index >= 15 is 0 Å². The zero-order valence-electron chi connectivity index (χ0n) is 11.2. The van der Waals surface area contributed by atoms with E-state index in [1.54, 1.807) is 0 Å². The molecular formula is C14H19N5. The molecule has 0 aromatic carbocycles. The van der Waals surface area contributed by atoms with Crippen molar-refractivity contribution in [3.63, 3.8) is 0 Å². The van der Waals surface area contributed by atoms with Crippen molar-refractivity contribution in [1.29, 1.82) is 0 Å². The van der Waals surface area contributed by atoms with Crippen molar-refractivity contribution in [3.05, 3.63) is 30.0 Å². The van der Waals surface area contributed by atoms with Crippen molar-refractivity contribution in [1.82, 2.24) is 19.5 Å². The van der Waals surface area contributed by atoms with E-state index in [1.165, 1.54) is 0 Å². The van der Waals surface area contributed by atoms with Crippen LogP contribution in [0.2, 0.25) is 0 Å². The van der Waals surface area contributed by atoms with Crippen LogP contribution < -0.4 is 5.73 Å². The fraction of sp³-hybridized carbons (Fsp3) is 0.500. The maximum atomic E-state index is 6.10. The van der Waals surface area contributed by atoms with Gasteiger partial charge < -0.3 is 10.3 Å². The Kier molecular flexibility index (Phi) is 3.29. The zero-order chi connectivity index (χ0) is 13.2. The molecule has 0 amide bonds. The summed E-state index contributed by atoms with van der Waals surface area (Å²) < 4.78 is 2.10. The SMILES string of the molecule is CCCn1cncc1-c1ncc2c(n1)CCCC2N. The summed E-state index contributed by atoms with van der Waals surface area (Å²) in [5.41, 5.74) is 9.30. The Balaban J connectivity index is 1.99. The van der Waals surface area contributed by atoms with Gasteiger partial charge in [-0.2, -0.15) is 0 Å². The molecule has 0 fully saturated rings. The Bertz CT molecular complexity index is 575. The van der Waals surface area contributed by atoms with Gasteiger partial charge in [0.05, 0.1) is 12.5 Å². The van der Waals surface area contributed by atoms with Gasteiger partial charge in [0.1, 0.15) is 5.69 Å². The van der Waals surface area contributed by atoms with Gasteiger partial charge in [0.25, 0.3) is 0 Å². The molecule has 0 aliphatic heterocycles. The number of nitrogens with two attached hydrogens (primary N) is 1. The van der Waals surface area contributed by atoms with Gasteiger partial charge in [-0.1, -0.05) is 6.92 Å². The van der Waals surface area contributed by atoms with Crippen LogP contribution in [0, 0.1) is 0 Å². The average molecular weight is 257 g/mol. The Morgan fingerprint density at radius 3 is 3.16 bits per heavy atom. The van der Waals surface area contributed by atoms with Gasteiger partial charge in [-0.3, -0.25) is 0 Å². The molecule has 100 valence electrons. The van der Waals surface area contributed by atoms with E-state index in [0.717, 1.165) is 55.0 Å². The molecule has 3 rings (SSSR count). The molecule has 0 bridgehead atoms. The van der Waals surface area contributed by atoms with Crippen LogP contribution in [0.5, 0.6) is 0 Å². The van der Waals surface area contributed by atoms with Gasteiger partial charge in [0, 0.05) is 30.0 Å². The molecule has 1 unspecified atom stereocenters. The van der Waals surface area contributed by atoms with Crippen LogP contribution in [-0.4, -0.2) is 19.5 Å². The number of hydrogen-bond donors (Lipinski definition) is 1. The molecule has 1 atom stereocenters. The van der Waals surface area contributed by atoms with E-state index in [0.29, 0.717) is 0 Å². The van der Waals surface area contributed by atoms with Gasteiger partial charge in [0.15, 0.2) is 5.82 Å². The summed E-state index contributed by atoms with van der Waals surface area (Å²) >= 11 is 0. The predicted octanol–water partition coefficient (Wildman–Crippen LogP) is 2.09. The lowest BCUT2D eigenvalue weighted by Crippen LogP contribution is -2.19. The largest absolute Gasteiger partial charge is 0.328 e. The monoisotopic (exact) mass is 257 g/mol. The second-order valence-electron chi connectivity index (χ2n) is 5.07. The maximum Gasteiger partial charge on any atom is 0.178 e. The van der Waals surface area contributed by atoms with Crippen LogP contribution in [0.15, 0.2) is 18.7 Å². The second kappa shape index (κ2) is 5.09. The molecule has 0 saturated heterocycles. The van der Waals surface area contributed by atoms with E-state index in [2.05, 4.69) is 21.5 Å². The van der Waals surface area contributed by atoms with Gasteiger partial charge in [0.2, 0.25) is 0 Å². The van der Waals surface area contributed by atoms with E-state index in [-0.39, 0.29) is 6.04 Å². The van der Waals surface area contributed by atoms with Crippen LogP contribution in [0.25, 0.3) is 11.5 Å². The number of rotatable bonds is 3. The molecule has 2 aromatic rings. The summed E-state index contributed by atoms with van der Waals surface area (Å²) in [5, 5.41) is 0. The van der Waals surface area contributed by atoms with Crippen LogP contribution in [0.4, 0.5) is 0 Å². The maximum absolute atomic E-state index is 6.10. The highest BCUT2D eigenvalue weighted by atomic mass is 15.1. The van der Waals surface area contributed by atoms with Crippen LogP contribution in [0.3, 0.4) is 0 Å². The lowest BCUT2D eigenvalue weighted by atomic mass is 9.93. The molecule has 2 N–H and O–H groups in total. The number of nitrogens with zero attached hydrogens (tertiary/aromatic N) is 4. The number of aryl methyl sites for hydroxylation is 2. The number of fused-ring (bicyclic) bond motifs is 1. The Hall–Kier alpha value is -1.75. The molecule has 0 radical (unpaired) electrons. The molecule has 19 heavy (non-hydrogen) atoms. The highest BCUT2D eigenvalue weighted by molar-refractivity contribution is 5.49. The van der Waals surface area contributed by atoms with E-state index in [1.807, 2.05) is 18.7 Å². The van der Waals surface area contributed by atoms with Gasteiger partial charge in [-0.05, 0) is 25.7 Å². The van der Waals surface area contributed by atoms with Crippen molar-refractivity contribution in [3.8, 4) is 11.5 Å². The van der Waals surface area contributed by atoms with Crippen molar-refractivity contribution in [2.24, 2.45) is 5.73 Å². The normalized spacial score (nSPS) is 18.3. The third-order valence-corrected chi connectivity index (χ3v) is 3.63. The van der Waals surface area contributed by atoms with E-state index < -0.39 is 0 Å². The minimum absolute atomic E-state index is 0.0957. The lowest BCUT2D eigenvalue weighted by molar-refractivity contribution is 0.556. The molecule has 1 aliphatic carbocycles. The van der Waals surface area contributed by atoms with Gasteiger partial charge >= 0.3 is 0 Å². The van der Waals surface area contributed by atoms with Crippen molar-refractivity contribution in [2.45, 2.75) is 45.2 Å². The fourth-order valence-electron chi connectivity index (χ4n) is 2.63. The minimum atomic E-state index is 0.0957. The first-order valence-corrected chi connectivity index (χ1v) is 6.91. The smallest absolute Gasteiger partial charge is 0.178 e. The summed E-state index contributed by atoms with van der Waals surface area (Å²) in [6.07, 6.45) is 9.78. The van der Waals surface area contributed by atoms with E-state index in [9.17, 15) is 0 Å². The third-order valence-electron chi connectivity index (χ3n) is 3.63. The summed E-state index contributed by atoms with van der Waals surface area (Å²) in [4.78, 5) is 13.4. The van der Waals surface area contributed by atoms with E-state index in [4.69, 9.17) is 10.7 Å². The number of imidazole rings is 1. The van der Waals surface area contributed by atoms with Crippen LogP contribution in [0.1, 0.15) is 43.5 Å². The van der Waals surface area contributed by atoms with Crippen molar-refractivity contribution in [2.75, 3.05) is 0 Å². The molecular weight excluding hydrogens is 238 g/mol. The molecule has 0 saturated carbocycles. The van der Waals surface area contributed by atoms with Crippen LogP contribution >= 0.6 is 0 Å². The summed E-state index contributed by atoms with van der Waals surface area (Å²) in [6, 6.07) is 0.0957. The fourth-order valence-corrected chi connectivity index (χ4v) is 2.63. The molecule has 2 aromatic heterocycles. The topological polar surface area (TPSA) is 69.6 Å². The molecule has 1 aliphatic rings. The van der Waals surface area contributed by atoms with Crippen LogP contribution in [-0.2, 0) is 13.0 Å². The third kappa shape index (κ3) is 2.26. The van der Waals surface area contributed by atoms with Gasteiger partial charge in [-0.25, -0.2) is 15.0 Å². The first kappa shape index (κ1) is 12.3. The Labute approximate surface area is 112 Å². The molecule has 2 heterocycles. The van der Waals surface area contributed by atoms with Gasteiger partial charge in [-0.15, -0.1) is 0 Å². The number of aromatic nitrogens is 4. The first-order chi connectivity index (χ1) is 9.29. The van der Waals surface area contributed by atoms with Crippen molar-refractivity contribution >= 4 is 0 Å². The zero-order valence-corrected chi connectivity index (χ0v) is 11.2. The molecule has 5 nitrogen and oxygen atoms in total.